The third-order valence-corrected chi connectivity index (χ3v) is 6.12. The van der Waals surface area contributed by atoms with E-state index in [0.29, 0.717) is 11.4 Å². The van der Waals surface area contributed by atoms with E-state index in [1.54, 1.807) is 23.5 Å². The quantitative estimate of drug-likeness (QED) is 0.889. The minimum Gasteiger partial charge on any atom is -0.309 e. The smallest absolute Gasteiger partial charge is 0.240 e. The molecule has 0 saturated heterocycles. The van der Waals surface area contributed by atoms with Crippen molar-refractivity contribution in [2.45, 2.75) is 37.9 Å². The zero-order valence-corrected chi connectivity index (χ0v) is 13.5. The Bertz CT molecular complexity index is 751. The van der Waals surface area contributed by atoms with Crippen molar-refractivity contribution in [3.63, 3.8) is 0 Å². The van der Waals surface area contributed by atoms with Gasteiger partial charge in [-0.25, -0.2) is 13.1 Å². The zero-order chi connectivity index (χ0) is 14.9. The van der Waals surface area contributed by atoms with E-state index >= 15 is 0 Å². The molecule has 2 aromatic rings. The highest BCUT2D eigenvalue weighted by Gasteiger charge is 2.18. The van der Waals surface area contributed by atoms with Gasteiger partial charge in [0.2, 0.25) is 10.0 Å². The van der Waals surface area contributed by atoms with E-state index in [1.807, 2.05) is 11.4 Å². The third-order valence-electron chi connectivity index (χ3n) is 3.76. The van der Waals surface area contributed by atoms with Crippen LogP contribution in [0.5, 0.6) is 0 Å². The number of sulfonamides is 1. The Morgan fingerprint density at radius 2 is 2.05 bits per heavy atom. The first-order chi connectivity index (χ1) is 10.1. The number of nitrogens with one attached hydrogen (secondary N) is 2. The number of hydrogen-bond donors (Lipinski definition) is 2. The molecule has 0 atom stereocenters. The standard InChI is InChI=1S/C15H18N2O2S2/c1-2-11-5-6-20-15(11)10-17-21(18,19)14-4-3-12-8-16-9-13(12)7-14/h3-7,16-17H,2,8-10H2,1H3. The highest BCUT2D eigenvalue weighted by molar-refractivity contribution is 7.89. The average Bonchev–Trinajstić information content (AvgIpc) is 3.12. The fourth-order valence-corrected chi connectivity index (χ4v) is 4.57. The lowest BCUT2D eigenvalue weighted by atomic mass is 10.1. The van der Waals surface area contributed by atoms with Crippen molar-refractivity contribution in [3.05, 3.63) is 51.2 Å². The molecule has 0 aliphatic carbocycles. The lowest BCUT2D eigenvalue weighted by Gasteiger charge is -2.08. The average molecular weight is 322 g/mol. The predicted molar refractivity (Wildman–Crippen MR) is 84.7 cm³/mol. The Balaban J connectivity index is 1.78. The fourth-order valence-electron chi connectivity index (χ4n) is 2.52. The molecule has 112 valence electrons. The van der Waals surface area contributed by atoms with Crippen molar-refractivity contribution in [2.24, 2.45) is 0 Å². The lowest BCUT2D eigenvalue weighted by molar-refractivity contribution is 0.581. The van der Waals surface area contributed by atoms with Crippen LogP contribution < -0.4 is 10.0 Å². The van der Waals surface area contributed by atoms with Crippen molar-refractivity contribution in [1.29, 1.82) is 0 Å². The topological polar surface area (TPSA) is 58.2 Å². The van der Waals surface area contributed by atoms with Crippen LogP contribution in [0.4, 0.5) is 0 Å². The van der Waals surface area contributed by atoms with Gasteiger partial charge >= 0.3 is 0 Å². The summed E-state index contributed by atoms with van der Waals surface area (Å²) < 4.78 is 27.5. The molecule has 0 radical (unpaired) electrons. The van der Waals surface area contributed by atoms with Crippen LogP contribution in [0.1, 0.15) is 28.5 Å². The maximum Gasteiger partial charge on any atom is 0.240 e. The van der Waals surface area contributed by atoms with Crippen LogP contribution in [0.15, 0.2) is 34.5 Å². The molecule has 0 unspecified atom stereocenters. The van der Waals surface area contributed by atoms with Crippen molar-refractivity contribution < 1.29 is 8.42 Å². The number of aryl methyl sites for hydroxylation is 1. The Hall–Kier alpha value is -1.21. The van der Waals surface area contributed by atoms with Gasteiger partial charge in [-0.05, 0) is 46.7 Å². The highest BCUT2D eigenvalue weighted by Crippen LogP contribution is 2.21. The van der Waals surface area contributed by atoms with E-state index in [-0.39, 0.29) is 0 Å². The molecule has 0 amide bonds. The van der Waals surface area contributed by atoms with Crippen LogP contribution in [-0.4, -0.2) is 8.42 Å². The van der Waals surface area contributed by atoms with E-state index in [2.05, 4.69) is 23.0 Å². The van der Waals surface area contributed by atoms with Gasteiger partial charge in [0.05, 0.1) is 4.90 Å². The normalized spacial score (nSPS) is 14.3. The van der Waals surface area contributed by atoms with Gasteiger partial charge in [0.1, 0.15) is 0 Å². The first-order valence-electron chi connectivity index (χ1n) is 6.97. The van der Waals surface area contributed by atoms with Crippen LogP contribution in [0.25, 0.3) is 0 Å². The van der Waals surface area contributed by atoms with E-state index in [4.69, 9.17) is 0 Å². The van der Waals surface area contributed by atoms with Crippen LogP contribution >= 0.6 is 11.3 Å². The van der Waals surface area contributed by atoms with Gasteiger partial charge in [0.25, 0.3) is 0 Å². The predicted octanol–water partition coefficient (Wildman–Crippen LogP) is 2.39. The molecule has 3 rings (SSSR count). The van der Waals surface area contributed by atoms with E-state index < -0.39 is 10.0 Å². The molecular formula is C15H18N2O2S2. The second kappa shape index (κ2) is 5.88. The SMILES string of the molecule is CCc1ccsc1CNS(=O)(=O)c1ccc2c(c1)CNC2. The zero-order valence-electron chi connectivity index (χ0n) is 11.8. The summed E-state index contributed by atoms with van der Waals surface area (Å²) >= 11 is 1.59. The van der Waals surface area contributed by atoms with Gasteiger partial charge < -0.3 is 5.32 Å². The summed E-state index contributed by atoms with van der Waals surface area (Å²) in [5, 5.41) is 5.23. The largest absolute Gasteiger partial charge is 0.309 e. The number of hydrogen-bond acceptors (Lipinski definition) is 4. The first kappa shape index (κ1) is 14.7. The summed E-state index contributed by atoms with van der Waals surface area (Å²) in [6, 6.07) is 7.40. The second-order valence-electron chi connectivity index (χ2n) is 5.08. The summed E-state index contributed by atoms with van der Waals surface area (Å²) in [4.78, 5) is 1.43. The van der Waals surface area contributed by atoms with Crippen LogP contribution in [0, 0.1) is 0 Å². The fraction of sp³-hybridized carbons (Fsp3) is 0.333. The summed E-state index contributed by atoms with van der Waals surface area (Å²) in [6.45, 7) is 3.99. The maximum atomic E-state index is 12.4. The maximum absolute atomic E-state index is 12.4. The third kappa shape index (κ3) is 3.03. The summed E-state index contributed by atoms with van der Waals surface area (Å²) in [6.07, 6.45) is 0.922. The number of rotatable bonds is 5. The van der Waals surface area contributed by atoms with Gasteiger partial charge in [-0.15, -0.1) is 11.3 Å². The summed E-state index contributed by atoms with van der Waals surface area (Å²) in [5.74, 6) is 0. The second-order valence-corrected chi connectivity index (χ2v) is 7.85. The first-order valence-corrected chi connectivity index (χ1v) is 9.34. The van der Waals surface area contributed by atoms with Crippen molar-refractivity contribution in [3.8, 4) is 0 Å². The van der Waals surface area contributed by atoms with Gasteiger partial charge in [-0.3, -0.25) is 0 Å². The van der Waals surface area contributed by atoms with Crippen LogP contribution in [0.2, 0.25) is 0 Å². The Morgan fingerprint density at radius 3 is 2.86 bits per heavy atom. The van der Waals surface area contributed by atoms with Gasteiger partial charge in [0.15, 0.2) is 0 Å². The number of fused-ring (bicyclic) bond motifs is 1. The molecule has 0 spiro atoms. The van der Waals surface area contributed by atoms with E-state index in [1.165, 1.54) is 11.1 Å². The van der Waals surface area contributed by atoms with Crippen molar-refractivity contribution in [1.82, 2.24) is 10.0 Å². The molecular weight excluding hydrogens is 304 g/mol. The van der Waals surface area contributed by atoms with Gasteiger partial charge in [-0.1, -0.05) is 13.0 Å². The lowest BCUT2D eigenvalue weighted by Crippen LogP contribution is -2.23. The molecule has 6 heteroatoms. The monoisotopic (exact) mass is 322 g/mol. The number of benzene rings is 1. The van der Waals surface area contributed by atoms with Crippen molar-refractivity contribution in [2.75, 3.05) is 0 Å². The van der Waals surface area contributed by atoms with Gasteiger partial charge in [0, 0.05) is 24.5 Å². The summed E-state index contributed by atoms with van der Waals surface area (Å²) in [7, 11) is -3.45. The van der Waals surface area contributed by atoms with Gasteiger partial charge in [-0.2, -0.15) is 0 Å². The minimum atomic E-state index is -3.45. The Morgan fingerprint density at radius 1 is 1.24 bits per heavy atom. The molecule has 1 aliphatic heterocycles. The molecule has 4 nitrogen and oxygen atoms in total. The molecule has 2 N–H and O–H groups in total. The van der Waals surface area contributed by atoms with E-state index in [0.717, 1.165) is 30.0 Å². The molecule has 1 aromatic carbocycles. The molecule has 1 aliphatic rings. The number of thiophene rings is 1. The molecule has 2 heterocycles. The molecule has 21 heavy (non-hydrogen) atoms. The Kier molecular flexibility index (Phi) is 4.12. The molecule has 0 bridgehead atoms. The summed E-state index contributed by atoms with van der Waals surface area (Å²) in [5.41, 5.74) is 3.46. The van der Waals surface area contributed by atoms with Crippen LogP contribution in [0.3, 0.4) is 0 Å². The molecule has 0 fully saturated rings. The minimum absolute atomic E-state index is 0.347. The highest BCUT2D eigenvalue weighted by atomic mass is 32.2. The van der Waals surface area contributed by atoms with E-state index in [9.17, 15) is 8.42 Å². The Labute approximate surface area is 129 Å². The van der Waals surface area contributed by atoms with Crippen molar-refractivity contribution >= 4 is 21.4 Å². The molecule has 0 saturated carbocycles. The van der Waals surface area contributed by atoms with Crippen LogP contribution in [-0.2, 0) is 36.1 Å². The molecule has 1 aromatic heterocycles.